The maximum atomic E-state index is 11.2. The van der Waals surface area contributed by atoms with E-state index in [9.17, 15) is 9.90 Å². The number of benzene rings is 1. The van der Waals surface area contributed by atoms with Crippen LogP contribution in [0.3, 0.4) is 0 Å². The molecule has 0 saturated carbocycles. The summed E-state index contributed by atoms with van der Waals surface area (Å²) < 4.78 is 5.18. The molecule has 0 aliphatic rings. The van der Waals surface area contributed by atoms with Gasteiger partial charge >= 0.3 is 5.97 Å². The van der Waals surface area contributed by atoms with Gasteiger partial charge in [-0.15, -0.1) is 0 Å². The number of nitrogens with zero attached hydrogens (tertiary/aromatic N) is 2. The second-order valence-corrected chi connectivity index (χ2v) is 4.50. The fourth-order valence-electron chi connectivity index (χ4n) is 1.90. The third-order valence-corrected chi connectivity index (χ3v) is 2.89. The Morgan fingerprint density at radius 2 is 2.00 bits per heavy atom. The third kappa shape index (κ3) is 2.71. The predicted octanol–water partition coefficient (Wildman–Crippen LogP) is 2.52. The average molecular weight is 272 g/mol. The Kier molecular flexibility index (Phi) is 3.89. The number of aromatic carboxylic acids is 1. The highest BCUT2D eigenvalue weighted by molar-refractivity contribution is 5.93. The minimum atomic E-state index is -0.988. The molecule has 0 fully saturated rings. The van der Waals surface area contributed by atoms with Crippen LogP contribution in [0.25, 0.3) is 11.3 Å². The molecule has 5 nitrogen and oxygen atoms in total. The average Bonchev–Trinajstić information content (AvgIpc) is 2.46. The molecule has 2 aromatic rings. The van der Waals surface area contributed by atoms with Crippen LogP contribution < -0.4 is 9.64 Å². The Morgan fingerprint density at radius 3 is 2.60 bits per heavy atom. The molecule has 2 rings (SSSR count). The number of aromatic nitrogens is 1. The van der Waals surface area contributed by atoms with Crippen LogP contribution >= 0.6 is 0 Å². The van der Waals surface area contributed by atoms with Gasteiger partial charge in [-0.3, -0.25) is 0 Å². The molecule has 0 bridgehead atoms. The lowest BCUT2D eigenvalue weighted by Gasteiger charge is -2.15. The van der Waals surface area contributed by atoms with Gasteiger partial charge in [-0.25, -0.2) is 9.78 Å². The molecule has 1 N–H and O–H groups in total. The molecule has 1 aromatic carbocycles. The standard InChI is InChI=1S/C15H16N2O3/c1-17(2)14-12(15(18)19)7-8-13(16-14)10-5-4-6-11(9-10)20-3/h4-9H,1-3H3,(H,18,19). The van der Waals surface area contributed by atoms with Crippen molar-refractivity contribution in [3.8, 4) is 17.0 Å². The van der Waals surface area contributed by atoms with E-state index in [0.29, 0.717) is 11.5 Å². The largest absolute Gasteiger partial charge is 0.497 e. The van der Waals surface area contributed by atoms with Crippen LogP contribution in [0.4, 0.5) is 5.82 Å². The van der Waals surface area contributed by atoms with E-state index in [1.165, 1.54) is 0 Å². The molecule has 0 amide bonds. The van der Waals surface area contributed by atoms with E-state index in [1.54, 1.807) is 38.2 Å². The van der Waals surface area contributed by atoms with Crippen LogP contribution in [0.5, 0.6) is 5.75 Å². The van der Waals surface area contributed by atoms with Gasteiger partial charge in [-0.2, -0.15) is 0 Å². The van der Waals surface area contributed by atoms with Crippen LogP contribution in [0.1, 0.15) is 10.4 Å². The number of carbonyl (C=O) groups is 1. The maximum absolute atomic E-state index is 11.2. The molecule has 0 spiro atoms. The zero-order valence-corrected chi connectivity index (χ0v) is 11.6. The maximum Gasteiger partial charge on any atom is 0.339 e. The smallest absolute Gasteiger partial charge is 0.339 e. The zero-order chi connectivity index (χ0) is 14.7. The van der Waals surface area contributed by atoms with E-state index in [0.717, 1.165) is 11.3 Å². The Morgan fingerprint density at radius 1 is 1.25 bits per heavy atom. The molecule has 0 radical (unpaired) electrons. The lowest BCUT2D eigenvalue weighted by molar-refractivity contribution is 0.0697. The summed E-state index contributed by atoms with van der Waals surface area (Å²) >= 11 is 0. The summed E-state index contributed by atoms with van der Waals surface area (Å²) in [4.78, 5) is 17.3. The van der Waals surface area contributed by atoms with Gasteiger partial charge in [0.15, 0.2) is 0 Å². The van der Waals surface area contributed by atoms with Gasteiger partial charge in [0.05, 0.1) is 12.8 Å². The zero-order valence-electron chi connectivity index (χ0n) is 11.6. The van der Waals surface area contributed by atoms with Crippen LogP contribution in [-0.2, 0) is 0 Å². The van der Waals surface area contributed by atoms with E-state index < -0.39 is 5.97 Å². The number of carboxylic acids is 1. The number of ether oxygens (including phenoxy) is 1. The van der Waals surface area contributed by atoms with E-state index >= 15 is 0 Å². The summed E-state index contributed by atoms with van der Waals surface area (Å²) in [5.41, 5.74) is 1.77. The minimum Gasteiger partial charge on any atom is -0.497 e. The SMILES string of the molecule is COc1cccc(-c2ccc(C(=O)O)c(N(C)C)n2)c1. The first-order chi connectivity index (χ1) is 9.52. The summed E-state index contributed by atoms with van der Waals surface area (Å²) in [6.45, 7) is 0. The van der Waals surface area contributed by atoms with Crippen molar-refractivity contribution < 1.29 is 14.6 Å². The number of methoxy groups -OCH3 is 1. The molecule has 20 heavy (non-hydrogen) atoms. The van der Waals surface area contributed by atoms with Crippen molar-refractivity contribution in [3.63, 3.8) is 0 Å². The van der Waals surface area contributed by atoms with Crippen LogP contribution in [0, 0.1) is 0 Å². The van der Waals surface area contributed by atoms with Crippen LogP contribution in [0.15, 0.2) is 36.4 Å². The highest BCUT2D eigenvalue weighted by Crippen LogP contribution is 2.26. The molecule has 0 aliphatic heterocycles. The number of hydrogen-bond donors (Lipinski definition) is 1. The third-order valence-electron chi connectivity index (χ3n) is 2.89. The fraction of sp³-hybridized carbons (Fsp3) is 0.200. The summed E-state index contributed by atoms with van der Waals surface area (Å²) in [5, 5.41) is 9.17. The fourth-order valence-corrected chi connectivity index (χ4v) is 1.90. The Labute approximate surface area is 117 Å². The van der Waals surface area contributed by atoms with E-state index in [1.807, 2.05) is 24.3 Å². The van der Waals surface area contributed by atoms with Crippen molar-refractivity contribution in [1.82, 2.24) is 4.98 Å². The van der Waals surface area contributed by atoms with Gasteiger partial charge in [-0.05, 0) is 24.3 Å². The first kappa shape index (κ1) is 13.9. The first-order valence-electron chi connectivity index (χ1n) is 6.09. The highest BCUT2D eigenvalue weighted by Gasteiger charge is 2.14. The lowest BCUT2D eigenvalue weighted by Crippen LogP contribution is -2.16. The van der Waals surface area contributed by atoms with Gasteiger partial charge in [0, 0.05) is 19.7 Å². The normalized spacial score (nSPS) is 10.2. The molecule has 1 heterocycles. The topological polar surface area (TPSA) is 62.7 Å². The molecule has 5 heteroatoms. The Balaban J connectivity index is 2.52. The van der Waals surface area contributed by atoms with Gasteiger partial charge < -0.3 is 14.7 Å². The number of hydrogen-bond acceptors (Lipinski definition) is 4. The summed E-state index contributed by atoms with van der Waals surface area (Å²) in [6, 6.07) is 10.8. The molecule has 1 aromatic heterocycles. The molecule has 0 saturated heterocycles. The summed E-state index contributed by atoms with van der Waals surface area (Å²) in [6.07, 6.45) is 0. The van der Waals surface area contributed by atoms with Gasteiger partial charge in [-0.1, -0.05) is 12.1 Å². The molecular formula is C15H16N2O3. The quantitative estimate of drug-likeness (QED) is 0.926. The van der Waals surface area contributed by atoms with Gasteiger partial charge in [0.1, 0.15) is 17.1 Å². The minimum absolute atomic E-state index is 0.182. The summed E-state index contributed by atoms with van der Waals surface area (Å²) in [7, 11) is 5.14. The monoisotopic (exact) mass is 272 g/mol. The van der Waals surface area contributed by atoms with Gasteiger partial charge in [0.25, 0.3) is 0 Å². The van der Waals surface area contributed by atoms with Crippen LogP contribution in [-0.4, -0.2) is 37.3 Å². The number of anilines is 1. The van der Waals surface area contributed by atoms with E-state index in [4.69, 9.17) is 4.74 Å². The Hall–Kier alpha value is -2.56. The van der Waals surface area contributed by atoms with Crippen molar-refractivity contribution in [1.29, 1.82) is 0 Å². The van der Waals surface area contributed by atoms with Gasteiger partial charge in [0.2, 0.25) is 0 Å². The van der Waals surface area contributed by atoms with Crippen molar-refractivity contribution in [2.24, 2.45) is 0 Å². The lowest BCUT2D eigenvalue weighted by atomic mass is 10.1. The van der Waals surface area contributed by atoms with Crippen LogP contribution in [0.2, 0.25) is 0 Å². The first-order valence-corrected chi connectivity index (χ1v) is 6.09. The van der Waals surface area contributed by atoms with E-state index in [2.05, 4.69) is 4.98 Å². The number of rotatable bonds is 4. The van der Waals surface area contributed by atoms with Crippen molar-refractivity contribution in [2.75, 3.05) is 26.1 Å². The molecule has 0 atom stereocenters. The van der Waals surface area contributed by atoms with Crippen molar-refractivity contribution in [2.45, 2.75) is 0 Å². The molecule has 104 valence electrons. The van der Waals surface area contributed by atoms with Crippen molar-refractivity contribution >= 4 is 11.8 Å². The molecule has 0 unspecified atom stereocenters. The number of pyridine rings is 1. The predicted molar refractivity (Wildman–Crippen MR) is 77.5 cm³/mol. The Bertz CT molecular complexity index is 639. The second-order valence-electron chi connectivity index (χ2n) is 4.50. The number of carboxylic acid groups (broad SMARTS) is 1. The highest BCUT2D eigenvalue weighted by atomic mass is 16.5. The molecule has 0 aliphatic carbocycles. The van der Waals surface area contributed by atoms with Crippen molar-refractivity contribution in [3.05, 3.63) is 42.0 Å². The summed E-state index contributed by atoms with van der Waals surface area (Å²) in [5.74, 6) is 0.175. The molecular weight excluding hydrogens is 256 g/mol. The van der Waals surface area contributed by atoms with E-state index in [-0.39, 0.29) is 5.56 Å². The second kappa shape index (κ2) is 5.61.